The number of benzene rings is 2. The van der Waals surface area contributed by atoms with E-state index in [1.807, 2.05) is 74.5 Å². The Hall–Kier alpha value is -1.69. The molecule has 0 radical (unpaired) electrons. The molecule has 0 aliphatic carbocycles. The molecule has 0 unspecified atom stereocenters. The lowest BCUT2D eigenvalue weighted by Crippen LogP contribution is -2.29. The van der Waals surface area contributed by atoms with Gasteiger partial charge in [-0.3, -0.25) is 4.55 Å². The van der Waals surface area contributed by atoms with Gasteiger partial charge in [0.15, 0.2) is 0 Å². The fourth-order valence-electron chi connectivity index (χ4n) is 1.79. The molecule has 114 valence electrons. The zero-order valence-corrected chi connectivity index (χ0v) is 13.1. The highest BCUT2D eigenvalue weighted by Gasteiger charge is 2.19. The van der Waals surface area contributed by atoms with E-state index in [1.165, 1.54) is 0 Å². The molecule has 0 saturated carbocycles. The molecule has 2 aromatic carbocycles. The van der Waals surface area contributed by atoms with Crippen molar-refractivity contribution in [3.8, 4) is 0 Å². The molecule has 0 atom stereocenters. The molecule has 0 aromatic heterocycles. The van der Waals surface area contributed by atoms with Gasteiger partial charge in [0.25, 0.3) is 0 Å². The van der Waals surface area contributed by atoms with Gasteiger partial charge in [-0.25, -0.2) is 0 Å². The van der Waals surface area contributed by atoms with Crippen LogP contribution in [0.4, 0.5) is 0 Å². The number of hydrogen-bond donors (Lipinski definition) is 1. The van der Waals surface area contributed by atoms with Crippen LogP contribution >= 0.6 is 0 Å². The van der Waals surface area contributed by atoms with E-state index < -0.39 is 10.3 Å². The van der Waals surface area contributed by atoms with Gasteiger partial charge in [0, 0.05) is 13.1 Å². The minimum Gasteiger partial charge on any atom is -0.273 e. The van der Waals surface area contributed by atoms with Crippen LogP contribution in [0.15, 0.2) is 60.7 Å². The van der Waals surface area contributed by atoms with Gasteiger partial charge < -0.3 is 0 Å². The smallest absolute Gasteiger partial charge is 0.273 e. The average Bonchev–Trinajstić information content (AvgIpc) is 2.50. The van der Waals surface area contributed by atoms with Crippen molar-refractivity contribution >= 4 is 10.3 Å². The van der Waals surface area contributed by atoms with Crippen LogP contribution in [0.2, 0.25) is 0 Å². The van der Waals surface area contributed by atoms with Gasteiger partial charge in [-0.1, -0.05) is 74.5 Å². The Kier molecular flexibility index (Phi) is 7.08. The lowest BCUT2D eigenvalue weighted by atomic mass is 10.2. The molecule has 2 aromatic rings. The fourth-order valence-corrected chi connectivity index (χ4v) is 2.42. The maximum Gasteiger partial charge on any atom is 0.336 e. The fraction of sp³-hybridized carbons (Fsp3) is 0.250. The zero-order valence-electron chi connectivity index (χ0n) is 12.3. The van der Waals surface area contributed by atoms with Crippen LogP contribution in [0, 0.1) is 0 Å². The predicted molar refractivity (Wildman–Crippen MR) is 85.0 cm³/mol. The van der Waals surface area contributed by atoms with Crippen LogP contribution in [-0.4, -0.2) is 17.3 Å². The molecule has 0 amide bonds. The summed E-state index contributed by atoms with van der Waals surface area (Å²) in [6.07, 6.45) is 0. The van der Waals surface area contributed by atoms with Crippen molar-refractivity contribution in [3.63, 3.8) is 0 Å². The van der Waals surface area contributed by atoms with Gasteiger partial charge in [0.05, 0.1) is 0 Å². The van der Waals surface area contributed by atoms with Crippen LogP contribution in [0.3, 0.4) is 0 Å². The van der Waals surface area contributed by atoms with E-state index in [9.17, 15) is 13.0 Å². The molecule has 0 saturated heterocycles. The van der Waals surface area contributed by atoms with Crippen LogP contribution in [-0.2, 0) is 23.4 Å². The molecule has 2 rings (SSSR count). The highest BCUT2D eigenvalue weighted by atomic mass is 32.2. The Balaban J connectivity index is 0.00000106. The first kappa shape index (κ1) is 17.4. The molecule has 0 heterocycles. The third-order valence-electron chi connectivity index (χ3n) is 2.73. The van der Waals surface area contributed by atoms with Crippen molar-refractivity contribution in [1.82, 2.24) is 4.31 Å². The molecule has 0 aliphatic rings. The summed E-state index contributed by atoms with van der Waals surface area (Å²) in [5, 5.41) is 0. The van der Waals surface area contributed by atoms with Crippen molar-refractivity contribution in [2.24, 2.45) is 0 Å². The van der Waals surface area contributed by atoms with Crippen LogP contribution in [0.1, 0.15) is 25.0 Å². The molecular weight excluding hydrogens is 286 g/mol. The Labute approximate surface area is 126 Å². The van der Waals surface area contributed by atoms with E-state index in [2.05, 4.69) is 0 Å². The minimum absolute atomic E-state index is 0.147. The molecule has 0 spiro atoms. The number of rotatable bonds is 5. The van der Waals surface area contributed by atoms with Crippen molar-refractivity contribution in [2.75, 3.05) is 0 Å². The largest absolute Gasteiger partial charge is 0.336 e. The molecule has 0 fully saturated rings. The van der Waals surface area contributed by atoms with E-state index in [-0.39, 0.29) is 13.1 Å². The minimum atomic E-state index is -4.23. The summed E-state index contributed by atoms with van der Waals surface area (Å²) in [5.74, 6) is 0. The summed E-state index contributed by atoms with van der Waals surface area (Å²) in [7, 11) is -4.23. The monoisotopic (exact) mass is 307 g/mol. The van der Waals surface area contributed by atoms with E-state index in [4.69, 9.17) is 0 Å². The first-order valence-electron chi connectivity index (χ1n) is 6.86. The van der Waals surface area contributed by atoms with Gasteiger partial charge in [-0.05, 0) is 11.1 Å². The summed E-state index contributed by atoms with van der Waals surface area (Å²) >= 11 is 0. The van der Waals surface area contributed by atoms with Gasteiger partial charge in [0.1, 0.15) is 0 Å². The second-order valence-corrected chi connectivity index (χ2v) is 5.63. The van der Waals surface area contributed by atoms with Gasteiger partial charge in [-0.2, -0.15) is 12.7 Å². The Bertz CT molecular complexity index is 571. The van der Waals surface area contributed by atoms with Crippen molar-refractivity contribution in [2.45, 2.75) is 26.9 Å². The normalized spacial score (nSPS) is 10.9. The summed E-state index contributed by atoms with van der Waals surface area (Å²) in [5.41, 5.74) is 1.66. The third-order valence-corrected chi connectivity index (χ3v) is 3.64. The number of nitrogens with zero attached hydrogens (tertiary/aromatic N) is 1. The topological polar surface area (TPSA) is 57.6 Å². The molecule has 0 bridgehead atoms. The summed E-state index contributed by atoms with van der Waals surface area (Å²) in [6, 6.07) is 18.3. The number of hydrogen-bond acceptors (Lipinski definition) is 2. The second kappa shape index (κ2) is 8.56. The highest BCUT2D eigenvalue weighted by Crippen LogP contribution is 2.12. The van der Waals surface area contributed by atoms with Crippen LogP contribution < -0.4 is 0 Å². The van der Waals surface area contributed by atoms with E-state index >= 15 is 0 Å². The summed E-state index contributed by atoms with van der Waals surface area (Å²) < 4.78 is 33.2. The van der Waals surface area contributed by atoms with Crippen molar-refractivity contribution in [1.29, 1.82) is 0 Å². The molecule has 1 N–H and O–H groups in total. The van der Waals surface area contributed by atoms with Crippen LogP contribution in [0.25, 0.3) is 0 Å². The first-order chi connectivity index (χ1) is 10.1. The van der Waals surface area contributed by atoms with E-state index in [0.29, 0.717) is 0 Å². The molecule has 5 heteroatoms. The van der Waals surface area contributed by atoms with Gasteiger partial charge in [-0.15, -0.1) is 0 Å². The molecular formula is C16H21NO3S. The lowest BCUT2D eigenvalue weighted by Gasteiger charge is -2.18. The Morgan fingerprint density at radius 1 is 0.810 bits per heavy atom. The lowest BCUT2D eigenvalue weighted by molar-refractivity contribution is 0.341. The summed E-state index contributed by atoms with van der Waals surface area (Å²) in [6.45, 7) is 4.29. The third kappa shape index (κ3) is 6.08. The molecule has 0 aliphatic heterocycles. The molecule has 21 heavy (non-hydrogen) atoms. The van der Waals surface area contributed by atoms with Crippen molar-refractivity contribution < 1.29 is 13.0 Å². The van der Waals surface area contributed by atoms with Gasteiger partial charge in [0.2, 0.25) is 0 Å². The van der Waals surface area contributed by atoms with Gasteiger partial charge >= 0.3 is 10.3 Å². The Morgan fingerprint density at radius 2 is 1.14 bits per heavy atom. The van der Waals surface area contributed by atoms with E-state index in [1.54, 1.807) is 0 Å². The average molecular weight is 307 g/mol. The first-order valence-corrected chi connectivity index (χ1v) is 8.26. The van der Waals surface area contributed by atoms with Crippen LogP contribution in [0.5, 0.6) is 0 Å². The van der Waals surface area contributed by atoms with E-state index in [0.717, 1.165) is 15.4 Å². The summed E-state index contributed by atoms with van der Waals surface area (Å²) in [4.78, 5) is 0. The SMILES string of the molecule is CC.O=S(=O)(O)N(Cc1ccccc1)Cc1ccccc1. The van der Waals surface area contributed by atoms with Crippen molar-refractivity contribution in [3.05, 3.63) is 71.8 Å². The maximum atomic E-state index is 11.4. The second-order valence-electron chi connectivity index (χ2n) is 4.22. The quantitative estimate of drug-likeness (QED) is 0.860. The highest BCUT2D eigenvalue weighted by molar-refractivity contribution is 7.83. The Morgan fingerprint density at radius 3 is 1.43 bits per heavy atom. The predicted octanol–water partition coefficient (Wildman–Crippen LogP) is 3.52. The maximum absolute atomic E-state index is 11.4. The zero-order chi connectivity index (χ0) is 15.7. The standard InChI is InChI=1S/C14H15NO3S.C2H6/c16-19(17,18)15(11-13-7-3-1-4-8-13)12-14-9-5-2-6-10-14;1-2/h1-10H,11-12H2,(H,16,17,18);1-2H3. The molecule has 4 nitrogen and oxygen atoms in total.